The van der Waals surface area contributed by atoms with Crippen LogP contribution >= 0.6 is 0 Å². The summed E-state index contributed by atoms with van der Waals surface area (Å²) in [4.78, 5) is 0. The van der Waals surface area contributed by atoms with E-state index in [1.54, 1.807) is 0 Å². The molecule has 2 rings (SSSR count). The normalized spacial score (nSPS) is 27.2. The lowest BCUT2D eigenvalue weighted by Crippen LogP contribution is -2.31. The monoisotopic (exact) mass is 278 g/mol. The Morgan fingerprint density at radius 1 is 1.20 bits per heavy atom. The van der Waals surface area contributed by atoms with Gasteiger partial charge in [-0.15, -0.1) is 0 Å². The van der Waals surface area contributed by atoms with Crippen LogP contribution in [-0.2, 0) is 4.65 Å². The second-order valence-electron chi connectivity index (χ2n) is 6.65. The molecule has 0 atom stereocenters. The molecule has 2 aliphatic carbocycles. The third kappa shape index (κ3) is 5.25. The van der Waals surface area contributed by atoms with Gasteiger partial charge in [0.1, 0.15) is 0 Å². The molecule has 114 valence electrons. The lowest BCUT2D eigenvalue weighted by Gasteiger charge is -2.30. The molecular weight excluding hydrogens is 247 g/mol. The van der Waals surface area contributed by atoms with Crippen molar-refractivity contribution in [2.75, 3.05) is 0 Å². The van der Waals surface area contributed by atoms with E-state index in [1.165, 1.54) is 51.4 Å². The minimum absolute atomic E-state index is 0.287. The first-order chi connectivity index (χ1) is 9.79. The van der Waals surface area contributed by atoms with Crippen molar-refractivity contribution in [2.45, 2.75) is 90.1 Å². The minimum Gasteiger partial charge on any atom is -0.423 e. The molecule has 0 aromatic heterocycles. The molecule has 3 heteroatoms. The molecule has 20 heavy (non-hydrogen) atoms. The molecule has 0 aromatic carbocycles. The Morgan fingerprint density at radius 2 is 2.00 bits per heavy atom. The van der Waals surface area contributed by atoms with E-state index >= 15 is 0 Å². The minimum atomic E-state index is -0.628. The fourth-order valence-corrected chi connectivity index (χ4v) is 3.60. The molecule has 1 N–H and O–H groups in total. The van der Waals surface area contributed by atoms with Gasteiger partial charge < -0.3 is 9.68 Å². The van der Waals surface area contributed by atoms with Gasteiger partial charge in [-0.3, -0.25) is 0 Å². The summed E-state index contributed by atoms with van der Waals surface area (Å²) >= 11 is 0. The molecular formula is C17H31BO2. The molecule has 0 unspecified atom stereocenters. The molecule has 0 aromatic rings. The molecule has 0 spiro atoms. The lowest BCUT2D eigenvalue weighted by atomic mass is 9.72. The van der Waals surface area contributed by atoms with Crippen molar-refractivity contribution >= 4 is 7.12 Å². The van der Waals surface area contributed by atoms with E-state index in [2.05, 4.69) is 13.0 Å². The van der Waals surface area contributed by atoms with Gasteiger partial charge in [0.25, 0.3) is 0 Å². The molecule has 0 saturated heterocycles. The van der Waals surface area contributed by atoms with Crippen molar-refractivity contribution in [1.82, 2.24) is 0 Å². The van der Waals surface area contributed by atoms with Gasteiger partial charge in [0, 0.05) is 6.10 Å². The zero-order valence-electron chi connectivity index (χ0n) is 13.2. The first-order valence-electron chi connectivity index (χ1n) is 8.82. The zero-order chi connectivity index (χ0) is 14.2. The van der Waals surface area contributed by atoms with Crippen LogP contribution in [-0.4, -0.2) is 18.2 Å². The number of allylic oxidation sites excluding steroid dienone is 2. The third-order valence-corrected chi connectivity index (χ3v) is 4.97. The topological polar surface area (TPSA) is 29.5 Å². The van der Waals surface area contributed by atoms with Crippen molar-refractivity contribution in [3.05, 3.63) is 11.5 Å². The van der Waals surface area contributed by atoms with Crippen LogP contribution in [0.5, 0.6) is 0 Å². The Balaban J connectivity index is 1.65. The molecule has 1 fully saturated rings. The van der Waals surface area contributed by atoms with Gasteiger partial charge in [0.15, 0.2) is 0 Å². The number of hydrogen-bond acceptors (Lipinski definition) is 2. The highest BCUT2D eigenvalue weighted by molar-refractivity contribution is 6.52. The van der Waals surface area contributed by atoms with E-state index in [-0.39, 0.29) is 6.10 Å². The smallest absolute Gasteiger partial charge is 0.423 e. The predicted molar refractivity (Wildman–Crippen MR) is 85.5 cm³/mol. The van der Waals surface area contributed by atoms with E-state index in [1.807, 2.05) is 0 Å². The van der Waals surface area contributed by atoms with E-state index < -0.39 is 7.12 Å². The highest BCUT2D eigenvalue weighted by Gasteiger charge is 2.28. The Kier molecular flexibility index (Phi) is 7.16. The second kappa shape index (κ2) is 8.89. The van der Waals surface area contributed by atoms with Gasteiger partial charge in [0.05, 0.1) is 0 Å². The van der Waals surface area contributed by atoms with E-state index in [9.17, 15) is 5.02 Å². The van der Waals surface area contributed by atoms with Crippen molar-refractivity contribution in [2.24, 2.45) is 5.92 Å². The van der Waals surface area contributed by atoms with Gasteiger partial charge in [-0.1, -0.05) is 38.7 Å². The average Bonchev–Trinajstić information content (AvgIpc) is 2.50. The van der Waals surface area contributed by atoms with Crippen LogP contribution in [0.4, 0.5) is 0 Å². The van der Waals surface area contributed by atoms with Gasteiger partial charge in [-0.25, -0.2) is 0 Å². The Hall–Kier alpha value is -0.275. The molecule has 0 bridgehead atoms. The second-order valence-corrected chi connectivity index (χ2v) is 6.65. The largest absolute Gasteiger partial charge is 0.486 e. The van der Waals surface area contributed by atoms with Gasteiger partial charge in [-0.05, 0) is 62.8 Å². The van der Waals surface area contributed by atoms with Crippen molar-refractivity contribution in [1.29, 1.82) is 0 Å². The Morgan fingerprint density at radius 3 is 2.65 bits per heavy atom. The lowest BCUT2D eigenvalue weighted by molar-refractivity contribution is 0.107. The fraction of sp³-hybridized carbons (Fsp3) is 0.882. The molecule has 0 radical (unpaired) electrons. The zero-order valence-corrected chi connectivity index (χ0v) is 13.2. The Labute approximate surface area is 125 Å². The van der Waals surface area contributed by atoms with Gasteiger partial charge >= 0.3 is 7.12 Å². The van der Waals surface area contributed by atoms with E-state index in [4.69, 9.17) is 4.65 Å². The summed E-state index contributed by atoms with van der Waals surface area (Å²) in [5.74, 6) is 0.910. The van der Waals surface area contributed by atoms with Crippen LogP contribution in [0.2, 0.25) is 0 Å². The van der Waals surface area contributed by atoms with E-state index in [0.29, 0.717) is 0 Å². The van der Waals surface area contributed by atoms with Gasteiger partial charge in [0.2, 0.25) is 0 Å². The maximum absolute atomic E-state index is 10.2. The summed E-state index contributed by atoms with van der Waals surface area (Å²) in [5.41, 5.74) is 1.13. The van der Waals surface area contributed by atoms with Crippen LogP contribution in [0.1, 0.15) is 84.0 Å². The van der Waals surface area contributed by atoms with Crippen molar-refractivity contribution in [3.63, 3.8) is 0 Å². The molecule has 2 nitrogen and oxygen atoms in total. The standard InChI is InChI=1S/C17H31BO2/c1-2-3-5-8-15-11-13-17(14-12-15)20-18(19)16-9-6-4-7-10-16/h9,15,17,19H,2-8,10-14H2,1H3. The summed E-state index contributed by atoms with van der Waals surface area (Å²) < 4.78 is 5.89. The fourth-order valence-electron chi connectivity index (χ4n) is 3.60. The number of unbranched alkanes of at least 4 members (excludes halogenated alkanes) is 2. The summed E-state index contributed by atoms with van der Waals surface area (Å²) in [7, 11) is -0.628. The first-order valence-corrected chi connectivity index (χ1v) is 8.82. The highest BCUT2D eigenvalue weighted by Crippen LogP contribution is 2.31. The third-order valence-electron chi connectivity index (χ3n) is 4.97. The summed E-state index contributed by atoms with van der Waals surface area (Å²) in [6.45, 7) is 2.27. The highest BCUT2D eigenvalue weighted by atomic mass is 16.5. The van der Waals surface area contributed by atoms with Crippen LogP contribution in [0.15, 0.2) is 11.5 Å². The predicted octanol–water partition coefficient (Wildman–Crippen LogP) is 4.66. The summed E-state index contributed by atoms with van der Waals surface area (Å²) in [6.07, 6.45) is 17.4. The molecule has 0 heterocycles. The maximum Gasteiger partial charge on any atom is 0.486 e. The summed E-state index contributed by atoms with van der Waals surface area (Å²) in [6, 6.07) is 0. The Bertz CT molecular complexity index is 295. The van der Waals surface area contributed by atoms with Crippen LogP contribution in [0.3, 0.4) is 0 Å². The van der Waals surface area contributed by atoms with E-state index in [0.717, 1.165) is 37.1 Å². The average molecular weight is 278 g/mol. The summed E-state index contributed by atoms with van der Waals surface area (Å²) in [5, 5.41) is 10.2. The van der Waals surface area contributed by atoms with Crippen molar-refractivity contribution < 1.29 is 9.68 Å². The van der Waals surface area contributed by atoms with Gasteiger partial charge in [-0.2, -0.15) is 0 Å². The number of rotatable bonds is 7. The molecule has 0 amide bonds. The molecule has 1 saturated carbocycles. The maximum atomic E-state index is 10.2. The van der Waals surface area contributed by atoms with Crippen LogP contribution < -0.4 is 0 Å². The van der Waals surface area contributed by atoms with Crippen molar-refractivity contribution in [3.8, 4) is 0 Å². The van der Waals surface area contributed by atoms with Crippen LogP contribution in [0.25, 0.3) is 0 Å². The number of hydrogen-bond donors (Lipinski definition) is 1. The molecule has 0 aliphatic heterocycles. The molecule has 2 aliphatic rings. The van der Waals surface area contributed by atoms with Crippen LogP contribution in [0, 0.1) is 5.92 Å². The SMILES string of the molecule is CCCCCC1CCC(OB(O)C2=CCCCC2)CC1. The first kappa shape index (κ1) is 16.1. The quantitative estimate of drug-likeness (QED) is 0.542.